The van der Waals surface area contributed by atoms with E-state index in [2.05, 4.69) is 5.32 Å². The monoisotopic (exact) mass is 286 g/mol. The number of amides is 2. The zero-order valence-corrected chi connectivity index (χ0v) is 11.7. The van der Waals surface area contributed by atoms with Gasteiger partial charge >= 0.3 is 0 Å². The Morgan fingerprint density at radius 1 is 1.05 bits per heavy atom. The summed E-state index contributed by atoms with van der Waals surface area (Å²) in [5.41, 5.74) is 1.02. The second-order valence-corrected chi connectivity index (χ2v) is 5.96. The average Bonchev–Trinajstić information content (AvgIpc) is 3.29. The van der Waals surface area contributed by atoms with Gasteiger partial charge in [-0.1, -0.05) is 12.1 Å². The van der Waals surface area contributed by atoms with Crippen molar-refractivity contribution in [3.63, 3.8) is 0 Å². The van der Waals surface area contributed by atoms with E-state index in [1.165, 1.54) is 4.90 Å². The average molecular weight is 286 g/mol. The normalized spacial score (nSPS) is 28.9. The Hall–Kier alpha value is -1.72. The highest BCUT2D eigenvalue weighted by molar-refractivity contribution is 6.21. The van der Waals surface area contributed by atoms with Crippen molar-refractivity contribution in [3.05, 3.63) is 35.4 Å². The number of hydrogen-bond donors (Lipinski definition) is 1. The lowest BCUT2D eigenvalue weighted by Gasteiger charge is -2.37. The number of fused-ring (bicyclic) bond motifs is 1. The van der Waals surface area contributed by atoms with Gasteiger partial charge in [-0.05, 0) is 37.9 Å². The molecule has 0 aromatic heterocycles. The van der Waals surface area contributed by atoms with Crippen LogP contribution >= 0.6 is 0 Å². The molecule has 2 amide bonds. The first-order valence-electron chi connectivity index (χ1n) is 7.59. The lowest BCUT2D eigenvalue weighted by molar-refractivity contribution is -0.0267. The quantitative estimate of drug-likeness (QED) is 0.848. The molecule has 5 nitrogen and oxygen atoms in total. The molecule has 2 aliphatic heterocycles. The van der Waals surface area contributed by atoms with Crippen LogP contribution in [-0.4, -0.2) is 48.1 Å². The van der Waals surface area contributed by atoms with Gasteiger partial charge in [0.25, 0.3) is 11.8 Å². The molecule has 1 saturated carbocycles. The Bertz CT molecular complexity index is 562. The molecule has 0 bridgehead atoms. The van der Waals surface area contributed by atoms with Crippen molar-refractivity contribution >= 4 is 11.8 Å². The summed E-state index contributed by atoms with van der Waals surface area (Å²) in [6.07, 6.45) is 3.32. The lowest BCUT2D eigenvalue weighted by atomic mass is 10.0. The van der Waals surface area contributed by atoms with Gasteiger partial charge in [0.15, 0.2) is 0 Å². The van der Waals surface area contributed by atoms with Crippen LogP contribution in [0.2, 0.25) is 0 Å². The predicted octanol–water partition coefficient (Wildman–Crippen LogP) is 1.19. The third-order valence-electron chi connectivity index (χ3n) is 4.44. The van der Waals surface area contributed by atoms with Crippen LogP contribution in [0, 0.1) is 0 Å². The maximum Gasteiger partial charge on any atom is 0.261 e. The minimum absolute atomic E-state index is 0.0408. The highest BCUT2D eigenvalue weighted by Gasteiger charge is 2.44. The molecule has 0 radical (unpaired) electrons. The summed E-state index contributed by atoms with van der Waals surface area (Å²) < 4.78 is 6.04. The van der Waals surface area contributed by atoms with Gasteiger partial charge in [0.1, 0.15) is 0 Å². The number of imide groups is 1. The second-order valence-electron chi connectivity index (χ2n) is 5.96. The summed E-state index contributed by atoms with van der Waals surface area (Å²) in [5, 5.41) is 3.28. The highest BCUT2D eigenvalue weighted by atomic mass is 16.5. The van der Waals surface area contributed by atoms with Gasteiger partial charge in [0.05, 0.1) is 29.4 Å². The maximum absolute atomic E-state index is 12.6. The summed E-state index contributed by atoms with van der Waals surface area (Å²) in [4.78, 5) is 26.6. The van der Waals surface area contributed by atoms with Crippen molar-refractivity contribution in [1.82, 2.24) is 10.2 Å². The predicted molar refractivity (Wildman–Crippen MR) is 76.1 cm³/mol. The fourth-order valence-electron chi connectivity index (χ4n) is 3.19. The molecule has 1 unspecified atom stereocenters. The molecule has 1 saturated heterocycles. The lowest BCUT2D eigenvalue weighted by Crippen LogP contribution is -2.56. The summed E-state index contributed by atoms with van der Waals surface area (Å²) in [6, 6.07) is 6.84. The maximum atomic E-state index is 12.6. The molecule has 3 aliphatic rings. The minimum Gasteiger partial charge on any atom is -0.373 e. The number of hydrogen-bond acceptors (Lipinski definition) is 4. The Balaban J connectivity index is 1.62. The van der Waals surface area contributed by atoms with E-state index in [0.717, 1.165) is 25.8 Å². The van der Waals surface area contributed by atoms with E-state index in [1.54, 1.807) is 24.3 Å². The van der Waals surface area contributed by atoms with Crippen molar-refractivity contribution in [2.75, 3.05) is 13.1 Å². The number of rotatable bonds is 3. The van der Waals surface area contributed by atoms with E-state index in [-0.39, 0.29) is 24.0 Å². The number of carbonyl (C=O) groups excluding carboxylic acids is 2. The van der Waals surface area contributed by atoms with Crippen LogP contribution in [0.3, 0.4) is 0 Å². The first-order chi connectivity index (χ1) is 10.3. The molecular weight excluding hydrogens is 268 g/mol. The van der Waals surface area contributed by atoms with Crippen molar-refractivity contribution in [3.8, 4) is 0 Å². The fourth-order valence-corrected chi connectivity index (χ4v) is 3.19. The molecule has 1 N–H and O–H groups in total. The van der Waals surface area contributed by atoms with Gasteiger partial charge in [-0.25, -0.2) is 0 Å². The molecule has 1 aromatic carbocycles. The van der Waals surface area contributed by atoms with Crippen LogP contribution in [0.5, 0.6) is 0 Å². The zero-order valence-electron chi connectivity index (χ0n) is 11.7. The van der Waals surface area contributed by atoms with Crippen LogP contribution in [0.1, 0.15) is 40.0 Å². The topological polar surface area (TPSA) is 58.6 Å². The van der Waals surface area contributed by atoms with Gasteiger partial charge < -0.3 is 10.1 Å². The van der Waals surface area contributed by atoms with Crippen molar-refractivity contribution in [2.24, 2.45) is 0 Å². The molecule has 4 rings (SSSR count). The molecule has 2 heterocycles. The van der Waals surface area contributed by atoms with E-state index < -0.39 is 0 Å². The third-order valence-corrected chi connectivity index (χ3v) is 4.44. The molecule has 1 aliphatic carbocycles. The first kappa shape index (κ1) is 13.0. The molecule has 5 heteroatoms. The second kappa shape index (κ2) is 4.93. The summed E-state index contributed by atoms with van der Waals surface area (Å²) >= 11 is 0. The minimum atomic E-state index is -0.202. The number of ether oxygens (including phenoxy) is 1. The number of piperidine rings is 1. The first-order valence-corrected chi connectivity index (χ1v) is 7.59. The van der Waals surface area contributed by atoms with Gasteiger partial charge in [-0.2, -0.15) is 0 Å². The highest BCUT2D eigenvalue weighted by Crippen LogP contribution is 2.31. The van der Waals surface area contributed by atoms with E-state index in [1.807, 2.05) is 0 Å². The van der Waals surface area contributed by atoms with Gasteiger partial charge in [0.2, 0.25) is 0 Å². The SMILES string of the molecule is O=C1c2ccccc2C(=O)N1C1CNCC[C@H]1OC1CC1. The smallest absolute Gasteiger partial charge is 0.261 e. The van der Waals surface area contributed by atoms with Crippen LogP contribution in [0.15, 0.2) is 24.3 Å². The van der Waals surface area contributed by atoms with Gasteiger partial charge in [-0.3, -0.25) is 14.5 Å². The molecule has 21 heavy (non-hydrogen) atoms. The van der Waals surface area contributed by atoms with Crippen molar-refractivity contribution in [1.29, 1.82) is 0 Å². The Kier molecular flexibility index (Phi) is 3.05. The van der Waals surface area contributed by atoms with E-state index in [0.29, 0.717) is 23.8 Å². The van der Waals surface area contributed by atoms with Crippen LogP contribution in [0.25, 0.3) is 0 Å². The number of nitrogens with zero attached hydrogens (tertiary/aromatic N) is 1. The summed E-state index contributed by atoms with van der Waals surface area (Å²) in [6.45, 7) is 1.49. The zero-order chi connectivity index (χ0) is 14.4. The molecule has 2 fully saturated rings. The Morgan fingerprint density at radius 2 is 1.71 bits per heavy atom. The van der Waals surface area contributed by atoms with Gasteiger partial charge in [0, 0.05) is 6.54 Å². The molecule has 110 valence electrons. The number of carbonyl (C=O) groups is 2. The summed E-state index contributed by atoms with van der Waals surface area (Å²) in [7, 11) is 0. The summed E-state index contributed by atoms with van der Waals surface area (Å²) in [5.74, 6) is -0.373. The standard InChI is InChI=1S/C16H18N2O3/c19-15-11-3-1-2-4-12(11)16(20)18(15)13-9-17-8-7-14(13)21-10-5-6-10/h1-4,10,13-14,17H,5-9H2/t13?,14-/m1/s1. The Labute approximate surface area is 123 Å². The molecular formula is C16H18N2O3. The fraction of sp³-hybridized carbons (Fsp3) is 0.500. The van der Waals surface area contributed by atoms with Crippen molar-refractivity contribution in [2.45, 2.75) is 37.5 Å². The largest absolute Gasteiger partial charge is 0.373 e. The van der Waals surface area contributed by atoms with E-state index in [9.17, 15) is 9.59 Å². The number of benzene rings is 1. The van der Waals surface area contributed by atoms with Crippen LogP contribution < -0.4 is 5.32 Å². The molecule has 2 atom stereocenters. The third kappa shape index (κ3) is 2.17. The number of nitrogens with one attached hydrogen (secondary N) is 1. The molecule has 0 spiro atoms. The Morgan fingerprint density at radius 3 is 2.33 bits per heavy atom. The van der Waals surface area contributed by atoms with E-state index >= 15 is 0 Å². The van der Waals surface area contributed by atoms with Crippen LogP contribution in [-0.2, 0) is 4.74 Å². The van der Waals surface area contributed by atoms with Gasteiger partial charge in [-0.15, -0.1) is 0 Å². The molecule has 1 aromatic rings. The van der Waals surface area contributed by atoms with Crippen molar-refractivity contribution < 1.29 is 14.3 Å². The van der Waals surface area contributed by atoms with E-state index in [4.69, 9.17) is 4.74 Å². The van der Waals surface area contributed by atoms with Crippen LogP contribution in [0.4, 0.5) is 0 Å².